The van der Waals surface area contributed by atoms with Gasteiger partial charge < -0.3 is 15.4 Å². The number of ether oxygens (including phenoxy) is 1. The van der Waals surface area contributed by atoms with Crippen LogP contribution < -0.4 is 15.4 Å². The van der Waals surface area contributed by atoms with Crippen molar-refractivity contribution >= 4 is 29.1 Å². The summed E-state index contributed by atoms with van der Waals surface area (Å²) >= 11 is 5.90. The smallest absolute Gasteiger partial charge is 0.267 e. The number of benzene rings is 3. The first-order chi connectivity index (χ1) is 14.8. The summed E-state index contributed by atoms with van der Waals surface area (Å²) < 4.78 is 5.83. The van der Waals surface area contributed by atoms with E-state index in [-0.39, 0.29) is 11.8 Å². The molecule has 160 valence electrons. The standard InChI is InChI=1S/C25H25ClN2O3/c1-25(2,31-20-14-12-19(26)13-15-20)24(30)28-22-11-7-6-10-21(22)23(29)27-17-16-18-8-4-3-5-9-18/h3-15H,16-17H2,1-2H3,(H,27,29)(H,28,30). The fourth-order valence-corrected chi connectivity index (χ4v) is 3.09. The number of para-hydroxylation sites is 1. The summed E-state index contributed by atoms with van der Waals surface area (Å²) in [5, 5.41) is 6.32. The summed E-state index contributed by atoms with van der Waals surface area (Å²) in [7, 11) is 0. The first-order valence-electron chi connectivity index (χ1n) is 10.0. The highest BCUT2D eigenvalue weighted by molar-refractivity contribution is 6.30. The van der Waals surface area contributed by atoms with Crippen LogP contribution in [-0.2, 0) is 11.2 Å². The van der Waals surface area contributed by atoms with Crippen LogP contribution >= 0.6 is 11.6 Å². The predicted octanol–water partition coefficient (Wildman–Crippen LogP) is 5.11. The molecular formula is C25H25ClN2O3. The monoisotopic (exact) mass is 436 g/mol. The molecule has 0 atom stereocenters. The van der Waals surface area contributed by atoms with Crippen LogP contribution in [0.3, 0.4) is 0 Å². The van der Waals surface area contributed by atoms with Crippen LogP contribution in [0.5, 0.6) is 5.75 Å². The summed E-state index contributed by atoms with van der Waals surface area (Å²) in [6.45, 7) is 3.83. The van der Waals surface area contributed by atoms with Gasteiger partial charge in [-0.1, -0.05) is 54.1 Å². The molecule has 0 fully saturated rings. The van der Waals surface area contributed by atoms with Crippen LogP contribution in [0.15, 0.2) is 78.9 Å². The average molecular weight is 437 g/mol. The first kappa shape index (κ1) is 22.4. The molecule has 31 heavy (non-hydrogen) atoms. The van der Waals surface area contributed by atoms with Crippen molar-refractivity contribution in [2.75, 3.05) is 11.9 Å². The van der Waals surface area contributed by atoms with E-state index in [0.29, 0.717) is 28.6 Å². The van der Waals surface area contributed by atoms with Crippen LogP contribution in [0.2, 0.25) is 5.02 Å². The quantitative estimate of drug-likeness (QED) is 0.515. The summed E-state index contributed by atoms with van der Waals surface area (Å²) in [6.07, 6.45) is 0.725. The normalized spacial score (nSPS) is 10.9. The fraction of sp³-hybridized carbons (Fsp3) is 0.200. The number of hydrogen-bond donors (Lipinski definition) is 2. The minimum absolute atomic E-state index is 0.247. The van der Waals surface area contributed by atoms with E-state index < -0.39 is 5.60 Å². The van der Waals surface area contributed by atoms with E-state index in [2.05, 4.69) is 10.6 Å². The van der Waals surface area contributed by atoms with E-state index in [9.17, 15) is 9.59 Å². The maximum absolute atomic E-state index is 12.9. The molecule has 5 nitrogen and oxygen atoms in total. The summed E-state index contributed by atoms with van der Waals surface area (Å²) in [4.78, 5) is 25.6. The highest BCUT2D eigenvalue weighted by Crippen LogP contribution is 2.23. The molecule has 3 aromatic carbocycles. The minimum atomic E-state index is -1.16. The topological polar surface area (TPSA) is 67.4 Å². The number of amides is 2. The Labute approximate surface area is 187 Å². The zero-order valence-electron chi connectivity index (χ0n) is 17.5. The minimum Gasteiger partial charge on any atom is -0.478 e. The number of halogens is 1. The van der Waals surface area contributed by atoms with Crippen LogP contribution in [0.4, 0.5) is 5.69 Å². The second-order valence-electron chi connectivity index (χ2n) is 7.56. The zero-order valence-corrected chi connectivity index (χ0v) is 18.3. The average Bonchev–Trinajstić information content (AvgIpc) is 2.76. The van der Waals surface area contributed by atoms with Gasteiger partial charge in [0.25, 0.3) is 11.8 Å². The predicted molar refractivity (Wildman–Crippen MR) is 124 cm³/mol. The molecule has 0 aliphatic rings. The van der Waals surface area contributed by atoms with Gasteiger partial charge in [0.1, 0.15) is 5.75 Å². The Balaban J connectivity index is 1.64. The third-order valence-electron chi connectivity index (χ3n) is 4.70. The van der Waals surface area contributed by atoms with Gasteiger partial charge in [0.05, 0.1) is 11.3 Å². The Morgan fingerprint density at radius 1 is 0.903 bits per heavy atom. The highest BCUT2D eigenvalue weighted by atomic mass is 35.5. The molecule has 0 aromatic heterocycles. The van der Waals surface area contributed by atoms with Crippen LogP contribution in [0.1, 0.15) is 29.8 Å². The van der Waals surface area contributed by atoms with Gasteiger partial charge in [0, 0.05) is 11.6 Å². The second-order valence-corrected chi connectivity index (χ2v) is 7.99. The maximum Gasteiger partial charge on any atom is 0.267 e. The van der Waals surface area contributed by atoms with Gasteiger partial charge in [-0.05, 0) is 62.2 Å². The van der Waals surface area contributed by atoms with Gasteiger partial charge in [0.2, 0.25) is 0 Å². The largest absolute Gasteiger partial charge is 0.478 e. The molecule has 3 aromatic rings. The third kappa shape index (κ3) is 6.33. The fourth-order valence-electron chi connectivity index (χ4n) is 2.97. The van der Waals surface area contributed by atoms with Gasteiger partial charge in [-0.3, -0.25) is 9.59 Å². The summed E-state index contributed by atoms with van der Waals surface area (Å²) in [6, 6.07) is 23.6. The van der Waals surface area contributed by atoms with E-state index in [4.69, 9.17) is 16.3 Å². The van der Waals surface area contributed by atoms with Crippen molar-refractivity contribution in [3.8, 4) is 5.75 Å². The molecule has 0 spiro atoms. The molecule has 2 N–H and O–H groups in total. The molecular weight excluding hydrogens is 412 g/mol. The zero-order chi connectivity index (χ0) is 22.3. The Hall–Kier alpha value is -3.31. The van der Waals surface area contributed by atoms with E-state index in [1.165, 1.54) is 0 Å². The molecule has 6 heteroatoms. The van der Waals surface area contributed by atoms with Crippen molar-refractivity contribution < 1.29 is 14.3 Å². The van der Waals surface area contributed by atoms with E-state index in [0.717, 1.165) is 12.0 Å². The Bertz CT molecular complexity index is 1030. The van der Waals surface area contributed by atoms with Crippen molar-refractivity contribution in [1.82, 2.24) is 5.32 Å². The van der Waals surface area contributed by atoms with E-state index in [1.54, 1.807) is 62.4 Å². The third-order valence-corrected chi connectivity index (χ3v) is 4.95. The lowest BCUT2D eigenvalue weighted by atomic mass is 10.1. The lowest BCUT2D eigenvalue weighted by Gasteiger charge is -2.26. The van der Waals surface area contributed by atoms with E-state index >= 15 is 0 Å². The van der Waals surface area contributed by atoms with Gasteiger partial charge >= 0.3 is 0 Å². The van der Waals surface area contributed by atoms with Crippen molar-refractivity contribution in [3.63, 3.8) is 0 Å². The number of nitrogens with one attached hydrogen (secondary N) is 2. The van der Waals surface area contributed by atoms with Crippen molar-refractivity contribution in [1.29, 1.82) is 0 Å². The molecule has 0 aliphatic carbocycles. The first-order valence-corrected chi connectivity index (χ1v) is 10.4. The molecule has 0 aliphatic heterocycles. The lowest BCUT2D eigenvalue weighted by Crippen LogP contribution is -2.43. The molecule has 2 amide bonds. The molecule has 0 heterocycles. The summed E-state index contributed by atoms with van der Waals surface area (Å²) in [5.41, 5.74) is 0.805. The van der Waals surface area contributed by atoms with Crippen LogP contribution in [0, 0.1) is 0 Å². The van der Waals surface area contributed by atoms with Gasteiger partial charge in [-0.25, -0.2) is 0 Å². The number of hydrogen-bond acceptors (Lipinski definition) is 3. The van der Waals surface area contributed by atoms with Gasteiger partial charge in [0.15, 0.2) is 5.60 Å². The van der Waals surface area contributed by atoms with Crippen molar-refractivity contribution in [3.05, 3.63) is 95.0 Å². The lowest BCUT2D eigenvalue weighted by molar-refractivity contribution is -0.128. The van der Waals surface area contributed by atoms with Crippen molar-refractivity contribution in [2.24, 2.45) is 0 Å². The SMILES string of the molecule is CC(C)(Oc1ccc(Cl)cc1)C(=O)Nc1ccccc1C(=O)NCCc1ccccc1. The number of rotatable bonds is 8. The van der Waals surface area contributed by atoms with Crippen LogP contribution in [0.25, 0.3) is 0 Å². The number of anilines is 1. The van der Waals surface area contributed by atoms with Gasteiger partial charge in [-0.15, -0.1) is 0 Å². The molecule has 0 saturated carbocycles. The molecule has 3 rings (SSSR count). The maximum atomic E-state index is 12.9. The highest BCUT2D eigenvalue weighted by Gasteiger charge is 2.31. The van der Waals surface area contributed by atoms with E-state index in [1.807, 2.05) is 30.3 Å². The van der Waals surface area contributed by atoms with Gasteiger partial charge in [-0.2, -0.15) is 0 Å². The van der Waals surface area contributed by atoms with Crippen molar-refractivity contribution in [2.45, 2.75) is 25.9 Å². The van der Waals surface area contributed by atoms with Crippen LogP contribution in [-0.4, -0.2) is 24.0 Å². The Morgan fingerprint density at radius 3 is 2.26 bits per heavy atom. The molecule has 0 unspecified atom stereocenters. The number of carbonyl (C=O) groups excluding carboxylic acids is 2. The number of carbonyl (C=O) groups is 2. The Kier molecular flexibility index (Phi) is 7.32. The second kappa shape index (κ2) is 10.1. The summed E-state index contributed by atoms with van der Waals surface area (Å²) in [5.74, 6) is -0.0910. The molecule has 0 saturated heterocycles. The molecule has 0 bridgehead atoms. The molecule has 0 radical (unpaired) electrons. The Morgan fingerprint density at radius 2 is 1.55 bits per heavy atom.